The van der Waals surface area contributed by atoms with E-state index in [2.05, 4.69) is 26.2 Å². The summed E-state index contributed by atoms with van der Waals surface area (Å²) >= 11 is 3.46. The van der Waals surface area contributed by atoms with Crippen LogP contribution >= 0.6 is 15.9 Å². The molecule has 1 amide bonds. The van der Waals surface area contributed by atoms with E-state index in [-0.39, 0.29) is 18.0 Å². The molecule has 0 aliphatic carbocycles. The van der Waals surface area contributed by atoms with Gasteiger partial charge in [-0.25, -0.2) is 0 Å². The summed E-state index contributed by atoms with van der Waals surface area (Å²) in [5.74, 6) is 0.624. The van der Waals surface area contributed by atoms with E-state index in [1.807, 2.05) is 48.5 Å². The molecule has 0 bridgehead atoms. The minimum absolute atomic E-state index is 0.0387. The van der Waals surface area contributed by atoms with Crippen molar-refractivity contribution >= 4 is 38.4 Å². The van der Waals surface area contributed by atoms with Gasteiger partial charge in [0.05, 0.1) is 32.7 Å². The number of carbonyl (C=O) groups is 1. The predicted octanol–water partition coefficient (Wildman–Crippen LogP) is 6.03. The quantitative estimate of drug-likeness (QED) is 0.309. The number of fused-ring (bicyclic) bond motifs is 1. The summed E-state index contributed by atoms with van der Waals surface area (Å²) in [6.45, 7) is 0.458. The Bertz CT molecular complexity index is 1330. The average molecular weight is 508 g/mol. The minimum Gasteiger partial charge on any atom is -0.493 e. The van der Waals surface area contributed by atoms with E-state index in [1.165, 1.54) is 7.11 Å². The van der Waals surface area contributed by atoms with Crippen LogP contribution in [0.3, 0.4) is 0 Å². The van der Waals surface area contributed by atoms with Crippen molar-refractivity contribution in [3.8, 4) is 17.4 Å². The largest absolute Gasteiger partial charge is 0.493 e. The van der Waals surface area contributed by atoms with Crippen molar-refractivity contribution in [2.75, 3.05) is 14.2 Å². The number of ether oxygens (including phenoxy) is 2. The maximum Gasteiger partial charge on any atom is 0.269 e. The van der Waals surface area contributed by atoms with Crippen LogP contribution in [0, 0.1) is 0 Å². The molecule has 168 valence electrons. The third-order valence-electron chi connectivity index (χ3n) is 5.22. The number of azo groups is 1. The van der Waals surface area contributed by atoms with Gasteiger partial charge in [-0.2, -0.15) is 0 Å². The summed E-state index contributed by atoms with van der Waals surface area (Å²) in [6.07, 6.45) is 0.0387. The van der Waals surface area contributed by atoms with E-state index in [4.69, 9.17) is 9.47 Å². The molecule has 0 unspecified atom stereocenters. The predicted molar refractivity (Wildman–Crippen MR) is 130 cm³/mol. The van der Waals surface area contributed by atoms with Crippen LogP contribution in [0.25, 0.3) is 10.9 Å². The molecule has 1 aromatic heterocycles. The van der Waals surface area contributed by atoms with E-state index in [0.29, 0.717) is 23.4 Å². The minimum atomic E-state index is -0.444. The van der Waals surface area contributed by atoms with Gasteiger partial charge in [-0.3, -0.25) is 4.79 Å². The summed E-state index contributed by atoms with van der Waals surface area (Å²) in [6, 6.07) is 20.7. The second kappa shape index (κ2) is 9.87. The van der Waals surface area contributed by atoms with E-state index >= 15 is 0 Å². The molecule has 0 fully saturated rings. The van der Waals surface area contributed by atoms with Gasteiger partial charge < -0.3 is 19.1 Å². The van der Waals surface area contributed by atoms with E-state index < -0.39 is 5.91 Å². The van der Waals surface area contributed by atoms with Crippen LogP contribution < -0.4 is 9.47 Å². The fourth-order valence-corrected chi connectivity index (χ4v) is 3.99. The molecule has 0 aliphatic rings. The van der Waals surface area contributed by atoms with Crippen LogP contribution in [0.4, 0.5) is 5.69 Å². The monoisotopic (exact) mass is 507 g/mol. The van der Waals surface area contributed by atoms with Crippen LogP contribution in [0.5, 0.6) is 17.4 Å². The van der Waals surface area contributed by atoms with Crippen molar-refractivity contribution in [3.05, 3.63) is 82.3 Å². The van der Waals surface area contributed by atoms with Gasteiger partial charge in [0.1, 0.15) is 0 Å². The smallest absolute Gasteiger partial charge is 0.269 e. The molecule has 33 heavy (non-hydrogen) atoms. The van der Waals surface area contributed by atoms with Crippen LogP contribution in [-0.2, 0) is 17.8 Å². The molecule has 1 heterocycles. The highest BCUT2D eigenvalue weighted by Crippen LogP contribution is 2.40. The molecule has 4 aromatic rings. The maximum atomic E-state index is 12.5. The van der Waals surface area contributed by atoms with Gasteiger partial charge in [0.25, 0.3) is 5.91 Å². The van der Waals surface area contributed by atoms with Crippen molar-refractivity contribution in [1.82, 2.24) is 4.57 Å². The Kier molecular flexibility index (Phi) is 6.74. The van der Waals surface area contributed by atoms with Crippen molar-refractivity contribution in [2.45, 2.75) is 13.0 Å². The fraction of sp³-hybridized carbons (Fsp3) is 0.160. The normalized spacial score (nSPS) is 11.2. The van der Waals surface area contributed by atoms with Crippen LogP contribution in [0.1, 0.15) is 11.1 Å². The first kappa shape index (κ1) is 22.5. The number of carbonyl (C=O) groups excluding carboxylic acids is 1. The fourth-order valence-electron chi connectivity index (χ4n) is 3.63. The van der Waals surface area contributed by atoms with Gasteiger partial charge in [-0.05, 0) is 41.5 Å². The number of methoxy groups -OCH3 is 2. The van der Waals surface area contributed by atoms with Gasteiger partial charge in [0.15, 0.2) is 17.2 Å². The third kappa shape index (κ3) is 4.90. The Morgan fingerprint density at radius 3 is 2.45 bits per heavy atom. The zero-order valence-corrected chi connectivity index (χ0v) is 19.7. The van der Waals surface area contributed by atoms with Gasteiger partial charge in [-0.15, -0.1) is 10.2 Å². The molecule has 0 saturated heterocycles. The number of rotatable bonds is 7. The summed E-state index contributed by atoms with van der Waals surface area (Å²) < 4.78 is 13.1. The lowest BCUT2D eigenvalue weighted by atomic mass is 10.1. The molecule has 0 saturated carbocycles. The highest BCUT2D eigenvalue weighted by Gasteiger charge is 2.18. The summed E-state index contributed by atoms with van der Waals surface area (Å²) in [4.78, 5) is 12.5. The zero-order valence-electron chi connectivity index (χ0n) is 18.2. The Balaban J connectivity index is 1.63. The molecule has 0 spiro atoms. The van der Waals surface area contributed by atoms with E-state index in [9.17, 15) is 9.90 Å². The molecule has 1 N–H and O–H groups in total. The van der Waals surface area contributed by atoms with Gasteiger partial charge in [0, 0.05) is 9.86 Å². The number of hydrogen-bond donors (Lipinski definition) is 1. The number of aromatic hydroxyl groups is 1. The van der Waals surface area contributed by atoms with Crippen molar-refractivity contribution in [1.29, 1.82) is 0 Å². The molecular formula is C25H22BrN3O4. The lowest BCUT2D eigenvalue weighted by molar-refractivity contribution is -0.117. The molecule has 3 aromatic carbocycles. The third-order valence-corrected chi connectivity index (χ3v) is 5.71. The Labute approximate surface area is 199 Å². The molecule has 8 heteroatoms. The first-order valence-corrected chi connectivity index (χ1v) is 11.0. The second-order valence-electron chi connectivity index (χ2n) is 7.37. The standard InChI is InChI=1S/C25H22BrN3O4/c1-32-21-11-8-17(12-22(21)33-2)13-23(30)27-28-24-19-14-18(26)9-10-20(19)29(25(24)31)15-16-6-4-3-5-7-16/h3-12,14,31H,13,15H2,1-2H3. The SMILES string of the molecule is COc1ccc(CC(=O)N=Nc2c(O)n(Cc3ccccc3)c3ccc(Br)cc23)cc1OC. The average Bonchev–Trinajstić information content (AvgIpc) is 3.08. The second-order valence-corrected chi connectivity index (χ2v) is 8.28. The van der Waals surface area contributed by atoms with Gasteiger partial charge >= 0.3 is 0 Å². The number of hydrogen-bond acceptors (Lipinski definition) is 5. The zero-order chi connectivity index (χ0) is 23.4. The lowest BCUT2D eigenvalue weighted by Crippen LogP contribution is -1.99. The highest BCUT2D eigenvalue weighted by molar-refractivity contribution is 9.10. The molecule has 0 radical (unpaired) electrons. The number of benzene rings is 3. The number of halogens is 1. The number of nitrogens with zero attached hydrogens (tertiary/aromatic N) is 3. The van der Waals surface area contributed by atoms with E-state index in [1.54, 1.807) is 29.9 Å². The number of aromatic nitrogens is 1. The molecule has 0 aliphatic heterocycles. The summed E-state index contributed by atoms with van der Waals surface area (Å²) in [7, 11) is 3.09. The Hall–Kier alpha value is -3.65. The van der Waals surface area contributed by atoms with E-state index in [0.717, 1.165) is 21.1 Å². The summed E-state index contributed by atoms with van der Waals surface area (Å²) in [5.41, 5.74) is 2.79. The number of amides is 1. The Morgan fingerprint density at radius 2 is 1.73 bits per heavy atom. The molecular weight excluding hydrogens is 486 g/mol. The van der Waals surface area contributed by atoms with Crippen molar-refractivity contribution in [2.24, 2.45) is 10.2 Å². The first-order valence-electron chi connectivity index (χ1n) is 10.2. The van der Waals surface area contributed by atoms with Crippen LogP contribution in [0.2, 0.25) is 0 Å². The van der Waals surface area contributed by atoms with Crippen molar-refractivity contribution < 1.29 is 19.4 Å². The first-order chi connectivity index (χ1) is 16.0. The Morgan fingerprint density at radius 1 is 0.970 bits per heavy atom. The van der Waals surface area contributed by atoms with Gasteiger partial charge in [0.2, 0.25) is 5.88 Å². The van der Waals surface area contributed by atoms with Crippen molar-refractivity contribution in [3.63, 3.8) is 0 Å². The molecule has 0 atom stereocenters. The molecule has 7 nitrogen and oxygen atoms in total. The van der Waals surface area contributed by atoms with Crippen LogP contribution in [0.15, 0.2) is 81.4 Å². The maximum absolute atomic E-state index is 12.5. The topological polar surface area (TPSA) is 85.4 Å². The highest BCUT2D eigenvalue weighted by atomic mass is 79.9. The lowest BCUT2D eigenvalue weighted by Gasteiger charge is -2.08. The van der Waals surface area contributed by atoms with Gasteiger partial charge in [-0.1, -0.05) is 52.3 Å². The van der Waals surface area contributed by atoms with Crippen LogP contribution in [-0.4, -0.2) is 29.8 Å². The summed E-state index contributed by atoms with van der Waals surface area (Å²) in [5, 5.41) is 19.7. The molecule has 4 rings (SSSR count).